The standard InChI is InChI=1S/C11H16O2S/c1-9(2)8-14(13)11-5-3-4-10(6-11)7-12/h3-6,9,12H,7-8H2,1-2H3/t14-/m1/s1. The van der Waals surface area contributed by atoms with Crippen LogP contribution in [-0.2, 0) is 17.4 Å². The summed E-state index contributed by atoms with van der Waals surface area (Å²) in [6, 6.07) is 7.31. The summed E-state index contributed by atoms with van der Waals surface area (Å²) in [7, 11) is -0.937. The van der Waals surface area contributed by atoms with Crippen LogP contribution in [0.5, 0.6) is 0 Å². The summed E-state index contributed by atoms with van der Waals surface area (Å²) in [5.74, 6) is 1.10. The van der Waals surface area contributed by atoms with E-state index in [-0.39, 0.29) is 6.61 Å². The highest BCUT2D eigenvalue weighted by Gasteiger charge is 2.06. The zero-order valence-corrected chi connectivity index (χ0v) is 9.38. The summed E-state index contributed by atoms with van der Waals surface area (Å²) in [6.07, 6.45) is 0. The minimum absolute atomic E-state index is 0.00667. The van der Waals surface area contributed by atoms with Crippen molar-refractivity contribution in [3.8, 4) is 0 Å². The van der Waals surface area contributed by atoms with Crippen molar-refractivity contribution in [2.24, 2.45) is 5.92 Å². The van der Waals surface area contributed by atoms with Gasteiger partial charge >= 0.3 is 0 Å². The second kappa shape index (κ2) is 5.27. The van der Waals surface area contributed by atoms with Crippen LogP contribution in [0.15, 0.2) is 29.2 Å². The third-order valence-electron chi connectivity index (χ3n) is 1.83. The Morgan fingerprint density at radius 1 is 1.43 bits per heavy atom. The molecular weight excluding hydrogens is 196 g/mol. The Balaban J connectivity index is 2.79. The first-order valence-electron chi connectivity index (χ1n) is 4.71. The Labute approximate surface area is 87.4 Å². The molecule has 0 unspecified atom stereocenters. The SMILES string of the molecule is CC(C)C[S@@](=O)c1cccc(CO)c1. The Morgan fingerprint density at radius 2 is 2.14 bits per heavy atom. The van der Waals surface area contributed by atoms with Crippen molar-refractivity contribution in [1.29, 1.82) is 0 Å². The molecular formula is C11H16O2S. The van der Waals surface area contributed by atoms with Crippen LogP contribution in [0.3, 0.4) is 0 Å². The van der Waals surface area contributed by atoms with Gasteiger partial charge in [0.25, 0.3) is 0 Å². The molecule has 0 aliphatic heterocycles. The van der Waals surface area contributed by atoms with Gasteiger partial charge in [0.2, 0.25) is 0 Å². The van der Waals surface area contributed by atoms with Crippen molar-refractivity contribution in [2.45, 2.75) is 25.3 Å². The molecule has 0 saturated heterocycles. The molecule has 1 rings (SSSR count). The highest BCUT2D eigenvalue weighted by Crippen LogP contribution is 2.12. The smallest absolute Gasteiger partial charge is 0.0682 e. The van der Waals surface area contributed by atoms with E-state index in [1.54, 1.807) is 6.07 Å². The molecule has 78 valence electrons. The molecule has 0 bridgehead atoms. The lowest BCUT2D eigenvalue weighted by molar-refractivity contribution is 0.281. The first-order chi connectivity index (χ1) is 6.63. The Bertz CT molecular complexity index is 321. The van der Waals surface area contributed by atoms with E-state index < -0.39 is 10.8 Å². The number of hydrogen-bond donors (Lipinski definition) is 1. The van der Waals surface area contributed by atoms with E-state index in [1.165, 1.54) is 0 Å². The minimum Gasteiger partial charge on any atom is -0.392 e. The van der Waals surface area contributed by atoms with Crippen molar-refractivity contribution >= 4 is 10.8 Å². The fraction of sp³-hybridized carbons (Fsp3) is 0.455. The van der Waals surface area contributed by atoms with Gasteiger partial charge in [0.1, 0.15) is 0 Å². The molecule has 0 radical (unpaired) electrons. The van der Waals surface area contributed by atoms with E-state index in [1.807, 2.05) is 32.0 Å². The molecule has 0 aromatic heterocycles. The average molecular weight is 212 g/mol. The minimum atomic E-state index is -0.937. The summed E-state index contributed by atoms with van der Waals surface area (Å²) < 4.78 is 11.8. The molecule has 0 spiro atoms. The molecule has 0 amide bonds. The van der Waals surface area contributed by atoms with Gasteiger partial charge in [-0.3, -0.25) is 4.21 Å². The molecule has 2 nitrogen and oxygen atoms in total. The van der Waals surface area contributed by atoms with Gasteiger partial charge in [0.05, 0.1) is 17.4 Å². The van der Waals surface area contributed by atoms with Crippen LogP contribution < -0.4 is 0 Å². The first-order valence-corrected chi connectivity index (χ1v) is 6.03. The molecule has 0 aliphatic rings. The van der Waals surface area contributed by atoms with Crippen molar-refractivity contribution in [3.63, 3.8) is 0 Å². The maximum absolute atomic E-state index is 11.8. The lowest BCUT2D eigenvalue weighted by atomic mass is 10.2. The summed E-state index contributed by atoms with van der Waals surface area (Å²) in [5, 5.41) is 8.93. The summed E-state index contributed by atoms with van der Waals surface area (Å²) >= 11 is 0. The number of aliphatic hydroxyl groups is 1. The van der Waals surface area contributed by atoms with E-state index in [9.17, 15) is 4.21 Å². The van der Waals surface area contributed by atoms with Crippen molar-refractivity contribution in [1.82, 2.24) is 0 Å². The van der Waals surface area contributed by atoms with Crippen LogP contribution in [0.25, 0.3) is 0 Å². The van der Waals surface area contributed by atoms with E-state index in [0.29, 0.717) is 11.7 Å². The number of rotatable bonds is 4. The monoisotopic (exact) mass is 212 g/mol. The van der Waals surface area contributed by atoms with Crippen molar-refractivity contribution < 1.29 is 9.32 Å². The summed E-state index contributed by atoms with van der Waals surface area (Å²) in [5.41, 5.74) is 0.819. The van der Waals surface area contributed by atoms with Crippen LogP contribution in [0, 0.1) is 5.92 Å². The Kier molecular flexibility index (Phi) is 4.29. The van der Waals surface area contributed by atoms with E-state index >= 15 is 0 Å². The molecule has 1 atom stereocenters. The molecule has 0 saturated carbocycles. The van der Waals surface area contributed by atoms with Crippen LogP contribution in [0.2, 0.25) is 0 Å². The van der Waals surface area contributed by atoms with Crippen LogP contribution in [-0.4, -0.2) is 15.1 Å². The van der Waals surface area contributed by atoms with E-state index in [2.05, 4.69) is 0 Å². The zero-order chi connectivity index (χ0) is 10.6. The summed E-state index contributed by atoms with van der Waals surface area (Å²) in [6.45, 7) is 4.11. The molecule has 0 aliphatic carbocycles. The van der Waals surface area contributed by atoms with Gasteiger partial charge in [-0.25, -0.2) is 0 Å². The molecule has 1 N–H and O–H groups in total. The second-order valence-electron chi connectivity index (χ2n) is 3.71. The highest BCUT2D eigenvalue weighted by molar-refractivity contribution is 7.85. The van der Waals surface area contributed by atoms with Gasteiger partial charge in [0.15, 0.2) is 0 Å². The van der Waals surface area contributed by atoms with Gasteiger partial charge in [-0.15, -0.1) is 0 Å². The second-order valence-corrected chi connectivity index (χ2v) is 5.21. The zero-order valence-electron chi connectivity index (χ0n) is 8.56. The Hall–Kier alpha value is -0.670. The maximum atomic E-state index is 11.8. The third kappa shape index (κ3) is 3.24. The van der Waals surface area contributed by atoms with Gasteiger partial charge in [-0.05, 0) is 23.6 Å². The van der Waals surface area contributed by atoms with E-state index in [0.717, 1.165) is 10.5 Å². The largest absolute Gasteiger partial charge is 0.392 e. The first kappa shape index (κ1) is 11.4. The number of hydrogen-bond acceptors (Lipinski definition) is 2. The molecule has 1 aromatic rings. The number of aliphatic hydroxyl groups excluding tert-OH is 1. The molecule has 14 heavy (non-hydrogen) atoms. The normalized spacial score (nSPS) is 13.1. The molecule has 0 fully saturated rings. The Morgan fingerprint density at radius 3 is 2.71 bits per heavy atom. The molecule has 0 heterocycles. The number of benzene rings is 1. The van der Waals surface area contributed by atoms with Crippen LogP contribution >= 0.6 is 0 Å². The highest BCUT2D eigenvalue weighted by atomic mass is 32.2. The van der Waals surface area contributed by atoms with Crippen molar-refractivity contribution in [3.05, 3.63) is 29.8 Å². The van der Waals surface area contributed by atoms with Gasteiger partial charge in [-0.1, -0.05) is 26.0 Å². The van der Waals surface area contributed by atoms with Gasteiger partial charge in [-0.2, -0.15) is 0 Å². The van der Waals surface area contributed by atoms with E-state index in [4.69, 9.17) is 5.11 Å². The van der Waals surface area contributed by atoms with Crippen LogP contribution in [0.1, 0.15) is 19.4 Å². The van der Waals surface area contributed by atoms with Gasteiger partial charge in [0, 0.05) is 10.6 Å². The van der Waals surface area contributed by atoms with Crippen molar-refractivity contribution in [2.75, 3.05) is 5.75 Å². The lowest BCUT2D eigenvalue weighted by Crippen LogP contribution is -2.04. The maximum Gasteiger partial charge on any atom is 0.0682 e. The molecule has 1 aromatic carbocycles. The fourth-order valence-corrected chi connectivity index (χ4v) is 2.50. The molecule has 3 heteroatoms. The van der Waals surface area contributed by atoms with Gasteiger partial charge < -0.3 is 5.11 Å². The predicted octanol–water partition coefficient (Wildman–Crippen LogP) is 1.94. The average Bonchev–Trinajstić information content (AvgIpc) is 2.17. The quantitative estimate of drug-likeness (QED) is 0.828. The fourth-order valence-electron chi connectivity index (χ4n) is 1.18. The topological polar surface area (TPSA) is 37.3 Å². The lowest BCUT2D eigenvalue weighted by Gasteiger charge is -2.06. The summed E-state index contributed by atoms with van der Waals surface area (Å²) in [4.78, 5) is 0.810. The third-order valence-corrected chi connectivity index (χ3v) is 3.58. The predicted molar refractivity (Wildman–Crippen MR) is 58.5 cm³/mol. The van der Waals surface area contributed by atoms with Crippen LogP contribution in [0.4, 0.5) is 0 Å².